The van der Waals surface area contributed by atoms with Crippen molar-refractivity contribution in [3.05, 3.63) is 29.6 Å². The molecule has 0 aromatic heterocycles. The highest BCUT2D eigenvalue weighted by molar-refractivity contribution is 5.98. The van der Waals surface area contributed by atoms with Crippen molar-refractivity contribution in [3.8, 4) is 0 Å². The molecular formula is C13H18FN3O. The van der Waals surface area contributed by atoms with Gasteiger partial charge in [0, 0.05) is 12.1 Å². The molecule has 5 heteroatoms. The minimum absolute atomic E-state index is 0.0303. The Kier molecular flexibility index (Phi) is 3.81. The minimum atomic E-state index is -0.764. The van der Waals surface area contributed by atoms with Gasteiger partial charge < -0.3 is 16.8 Å². The first-order valence-corrected chi connectivity index (χ1v) is 6.20. The summed E-state index contributed by atoms with van der Waals surface area (Å²) in [5, 5.41) is 3.16. The molecule has 2 rings (SSSR count). The maximum atomic E-state index is 13.6. The van der Waals surface area contributed by atoms with Crippen LogP contribution in [0.1, 0.15) is 36.0 Å². The summed E-state index contributed by atoms with van der Waals surface area (Å²) in [5.74, 6) is -1.36. The highest BCUT2D eigenvalue weighted by atomic mass is 19.1. The van der Waals surface area contributed by atoms with Gasteiger partial charge in [-0.3, -0.25) is 4.79 Å². The van der Waals surface area contributed by atoms with E-state index in [0.717, 1.165) is 25.7 Å². The largest absolute Gasteiger partial charge is 0.380 e. The van der Waals surface area contributed by atoms with E-state index in [0.29, 0.717) is 5.69 Å². The van der Waals surface area contributed by atoms with Crippen molar-refractivity contribution in [1.29, 1.82) is 0 Å². The third-order valence-corrected chi connectivity index (χ3v) is 3.42. The van der Waals surface area contributed by atoms with Gasteiger partial charge in [0.05, 0.1) is 11.3 Å². The van der Waals surface area contributed by atoms with Crippen LogP contribution in [0.4, 0.5) is 10.1 Å². The Hall–Kier alpha value is -1.62. The number of halogens is 1. The van der Waals surface area contributed by atoms with Crippen molar-refractivity contribution in [2.24, 2.45) is 11.5 Å². The van der Waals surface area contributed by atoms with Gasteiger partial charge in [-0.2, -0.15) is 0 Å². The zero-order chi connectivity index (χ0) is 13.1. The number of carbonyl (C=O) groups is 1. The van der Waals surface area contributed by atoms with Crippen LogP contribution < -0.4 is 16.8 Å². The number of primary amides is 1. The number of hydrogen-bond donors (Lipinski definition) is 3. The van der Waals surface area contributed by atoms with Crippen LogP contribution in [-0.4, -0.2) is 18.0 Å². The van der Waals surface area contributed by atoms with Gasteiger partial charge in [-0.1, -0.05) is 18.9 Å². The van der Waals surface area contributed by atoms with Crippen LogP contribution in [0.25, 0.3) is 0 Å². The molecule has 1 aliphatic carbocycles. The molecule has 2 atom stereocenters. The number of nitrogens with two attached hydrogens (primary N) is 2. The zero-order valence-electron chi connectivity index (χ0n) is 10.2. The first-order chi connectivity index (χ1) is 8.59. The average molecular weight is 251 g/mol. The van der Waals surface area contributed by atoms with Crippen LogP contribution in [-0.2, 0) is 0 Å². The number of amides is 1. The van der Waals surface area contributed by atoms with E-state index in [1.807, 2.05) is 0 Å². The van der Waals surface area contributed by atoms with E-state index in [1.54, 1.807) is 12.1 Å². The molecule has 0 bridgehead atoms. The lowest BCUT2D eigenvalue weighted by atomic mass is 9.90. The number of anilines is 1. The fourth-order valence-electron chi connectivity index (χ4n) is 2.43. The number of benzene rings is 1. The molecule has 1 aromatic carbocycles. The molecule has 1 saturated carbocycles. The molecule has 0 heterocycles. The summed E-state index contributed by atoms with van der Waals surface area (Å²) in [5.41, 5.74) is 11.6. The monoisotopic (exact) mass is 251 g/mol. The van der Waals surface area contributed by atoms with Gasteiger partial charge >= 0.3 is 0 Å². The first kappa shape index (κ1) is 12.8. The maximum Gasteiger partial charge on any atom is 0.253 e. The highest BCUT2D eigenvalue weighted by Crippen LogP contribution is 2.24. The quantitative estimate of drug-likeness (QED) is 0.763. The molecule has 1 amide bonds. The van der Waals surface area contributed by atoms with Gasteiger partial charge in [-0.15, -0.1) is 0 Å². The smallest absolute Gasteiger partial charge is 0.253 e. The maximum absolute atomic E-state index is 13.6. The number of rotatable bonds is 3. The van der Waals surface area contributed by atoms with E-state index in [1.165, 1.54) is 6.07 Å². The summed E-state index contributed by atoms with van der Waals surface area (Å²) in [7, 11) is 0. The Labute approximate surface area is 106 Å². The first-order valence-electron chi connectivity index (χ1n) is 6.20. The molecule has 0 unspecified atom stereocenters. The molecule has 0 saturated heterocycles. The third kappa shape index (κ3) is 2.61. The Balaban J connectivity index is 2.23. The minimum Gasteiger partial charge on any atom is -0.380 e. The summed E-state index contributed by atoms with van der Waals surface area (Å²) >= 11 is 0. The second kappa shape index (κ2) is 5.35. The Morgan fingerprint density at radius 1 is 1.33 bits per heavy atom. The zero-order valence-corrected chi connectivity index (χ0v) is 10.2. The van der Waals surface area contributed by atoms with Crippen LogP contribution >= 0.6 is 0 Å². The number of hydrogen-bond acceptors (Lipinski definition) is 3. The molecule has 1 fully saturated rings. The fourth-order valence-corrected chi connectivity index (χ4v) is 2.43. The molecule has 1 aromatic rings. The van der Waals surface area contributed by atoms with Crippen LogP contribution in [0.2, 0.25) is 0 Å². The Morgan fingerprint density at radius 2 is 2.06 bits per heavy atom. The van der Waals surface area contributed by atoms with E-state index >= 15 is 0 Å². The second-order valence-corrected chi connectivity index (χ2v) is 4.73. The number of nitrogens with one attached hydrogen (secondary N) is 1. The van der Waals surface area contributed by atoms with Crippen LogP contribution in [0.5, 0.6) is 0 Å². The molecule has 4 nitrogen and oxygen atoms in total. The predicted molar refractivity (Wildman–Crippen MR) is 68.8 cm³/mol. The SMILES string of the molecule is NC(=O)c1c(F)cccc1N[C@@H]1CCCC[C@H]1N. The van der Waals surface area contributed by atoms with Crippen LogP contribution in [0.15, 0.2) is 18.2 Å². The molecule has 98 valence electrons. The van der Waals surface area contributed by atoms with E-state index in [-0.39, 0.29) is 17.6 Å². The van der Waals surface area contributed by atoms with Crippen molar-refractivity contribution in [2.75, 3.05) is 5.32 Å². The molecule has 5 N–H and O–H groups in total. The summed E-state index contributed by atoms with van der Waals surface area (Å²) in [6.45, 7) is 0. The van der Waals surface area contributed by atoms with Gasteiger partial charge in [0.15, 0.2) is 0 Å². The van der Waals surface area contributed by atoms with Crippen molar-refractivity contribution in [1.82, 2.24) is 0 Å². The van der Waals surface area contributed by atoms with Gasteiger partial charge in [-0.25, -0.2) is 4.39 Å². The van der Waals surface area contributed by atoms with Crippen LogP contribution in [0.3, 0.4) is 0 Å². The predicted octanol–water partition coefficient (Wildman–Crippen LogP) is 1.61. The standard InChI is InChI=1S/C13H18FN3O/c14-8-4-3-7-11(12(8)13(16)18)17-10-6-2-1-5-9(10)15/h3-4,7,9-10,17H,1-2,5-6,15H2,(H2,16,18)/t9-,10-/m1/s1. The lowest BCUT2D eigenvalue weighted by Gasteiger charge is -2.30. The normalized spacial score (nSPS) is 23.7. The average Bonchev–Trinajstić information content (AvgIpc) is 2.31. The Bertz CT molecular complexity index is 450. The molecule has 0 radical (unpaired) electrons. The highest BCUT2D eigenvalue weighted by Gasteiger charge is 2.23. The van der Waals surface area contributed by atoms with Gasteiger partial charge in [-0.05, 0) is 25.0 Å². The van der Waals surface area contributed by atoms with E-state index in [2.05, 4.69) is 5.32 Å². The van der Waals surface area contributed by atoms with Crippen molar-refractivity contribution < 1.29 is 9.18 Å². The van der Waals surface area contributed by atoms with Crippen LogP contribution in [0, 0.1) is 5.82 Å². The van der Waals surface area contributed by atoms with Crippen molar-refractivity contribution in [2.45, 2.75) is 37.8 Å². The van der Waals surface area contributed by atoms with Crippen molar-refractivity contribution >= 4 is 11.6 Å². The molecule has 18 heavy (non-hydrogen) atoms. The summed E-state index contributed by atoms with van der Waals surface area (Å²) < 4.78 is 13.6. The van der Waals surface area contributed by atoms with Crippen molar-refractivity contribution in [3.63, 3.8) is 0 Å². The Morgan fingerprint density at radius 3 is 2.72 bits per heavy atom. The third-order valence-electron chi connectivity index (χ3n) is 3.42. The van der Waals surface area contributed by atoms with E-state index in [9.17, 15) is 9.18 Å². The van der Waals surface area contributed by atoms with Gasteiger partial charge in [0.2, 0.25) is 0 Å². The van der Waals surface area contributed by atoms with E-state index in [4.69, 9.17) is 11.5 Å². The molecule has 0 spiro atoms. The molecular weight excluding hydrogens is 233 g/mol. The fraction of sp³-hybridized carbons (Fsp3) is 0.462. The topological polar surface area (TPSA) is 81.1 Å². The lowest BCUT2D eigenvalue weighted by molar-refractivity contribution is 0.0997. The van der Waals surface area contributed by atoms with Gasteiger partial charge in [0.1, 0.15) is 5.82 Å². The summed E-state index contributed by atoms with van der Waals surface area (Å²) in [6, 6.07) is 4.54. The lowest BCUT2D eigenvalue weighted by Crippen LogP contribution is -2.43. The molecule has 1 aliphatic rings. The second-order valence-electron chi connectivity index (χ2n) is 4.73. The van der Waals surface area contributed by atoms with Gasteiger partial charge in [0.25, 0.3) is 5.91 Å². The molecule has 0 aliphatic heterocycles. The summed E-state index contributed by atoms with van der Waals surface area (Å²) in [4.78, 5) is 11.3. The summed E-state index contributed by atoms with van der Waals surface area (Å²) in [6.07, 6.45) is 4.08. The van der Waals surface area contributed by atoms with E-state index < -0.39 is 11.7 Å². The number of carbonyl (C=O) groups excluding carboxylic acids is 1.